The summed E-state index contributed by atoms with van der Waals surface area (Å²) in [5.74, 6) is 0.214. The molecule has 0 amide bonds. The third-order valence-corrected chi connectivity index (χ3v) is 2.95. The Balaban J connectivity index is 2.00. The van der Waals surface area contributed by atoms with Gasteiger partial charge in [0.1, 0.15) is 0 Å². The van der Waals surface area contributed by atoms with Gasteiger partial charge in [0.15, 0.2) is 5.78 Å². The summed E-state index contributed by atoms with van der Waals surface area (Å²) in [7, 11) is 0. The first-order chi connectivity index (χ1) is 8.28. The minimum Gasteiger partial charge on any atom is -0.313 e. The summed E-state index contributed by atoms with van der Waals surface area (Å²) in [4.78, 5) is 11.3. The van der Waals surface area contributed by atoms with Crippen LogP contribution in [0.3, 0.4) is 0 Å². The first kappa shape index (κ1) is 12.0. The van der Waals surface area contributed by atoms with Crippen molar-refractivity contribution in [3.8, 4) is 0 Å². The quantitative estimate of drug-likeness (QED) is 0.859. The zero-order valence-electron chi connectivity index (χ0n) is 10.3. The van der Waals surface area contributed by atoms with Crippen LogP contribution in [0.2, 0.25) is 0 Å². The van der Waals surface area contributed by atoms with E-state index in [1.54, 1.807) is 4.68 Å². The van der Waals surface area contributed by atoms with Crippen molar-refractivity contribution in [1.82, 2.24) is 15.1 Å². The number of hydrogen-bond acceptors (Lipinski definition) is 3. The molecule has 0 atom stereocenters. The molecule has 92 valence electrons. The number of ketones is 1. The number of carbonyl (C=O) groups excluding carboxylic acids is 1. The average Bonchev–Trinajstić information content (AvgIpc) is 2.77. The van der Waals surface area contributed by atoms with Crippen LogP contribution in [0.5, 0.6) is 0 Å². The molecular formula is C13H19N3O. The molecule has 1 aliphatic rings. The van der Waals surface area contributed by atoms with Gasteiger partial charge >= 0.3 is 0 Å². The Kier molecular flexibility index (Phi) is 4.09. The lowest BCUT2D eigenvalue weighted by atomic mass is 10.1. The molecule has 0 aromatic carbocycles. The summed E-state index contributed by atoms with van der Waals surface area (Å²) in [5.41, 5.74) is 2.34. The van der Waals surface area contributed by atoms with Crippen LogP contribution in [-0.2, 0) is 11.3 Å². The van der Waals surface area contributed by atoms with Gasteiger partial charge < -0.3 is 5.32 Å². The summed E-state index contributed by atoms with van der Waals surface area (Å²) in [6.45, 7) is 4.33. The lowest BCUT2D eigenvalue weighted by molar-refractivity contribution is -0.119. The predicted molar refractivity (Wildman–Crippen MR) is 67.6 cm³/mol. The standard InChI is InChI=1S/C13H19N3O/c1-2-13(17)10-16-7-5-12(15-16)8-11-4-3-6-14-9-11/h5,7-8,14H,2-4,6,9-10H2,1H3. The molecule has 17 heavy (non-hydrogen) atoms. The molecule has 0 aliphatic carbocycles. The van der Waals surface area contributed by atoms with E-state index < -0.39 is 0 Å². The maximum Gasteiger partial charge on any atom is 0.154 e. The van der Waals surface area contributed by atoms with E-state index in [2.05, 4.69) is 16.5 Å². The molecule has 0 radical (unpaired) electrons. The Morgan fingerprint density at radius 1 is 1.65 bits per heavy atom. The van der Waals surface area contributed by atoms with Gasteiger partial charge in [-0.05, 0) is 31.5 Å². The number of hydrogen-bond donors (Lipinski definition) is 1. The molecule has 4 heteroatoms. The minimum absolute atomic E-state index is 0.214. The van der Waals surface area contributed by atoms with E-state index >= 15 is 0 Å². The van der Waals surface area contributed by atoms with Crippen LogP contribution in [0.4, 0.5) is 0 Å². The average molecular weight is 233 g/mol. The van der Waals surface area contributed by atoms with E-state index in [9.17, 15) is 4.79 Å². The first-order valence-corrected chi connectivity index (χ1v) is 6.23. The van der Waals surface area contributed by atoms with Crippen molar-refractivity contribution in [2.75, 3.05) is 13.1 Å². The number of nitrogens with one attached hydrogen (secondary N) is 1. The highest BCUT2D eigenvalue weighted by molar-refractivity contribution is 5.77. The minimum atomic E-state index is 0.214. The smallest absolute Gasteiger partial charge is 0.154 e. The number of piperidine rings is 1. The van der Waals surface area contributed by atoms with Crippen molar-refractivity contribution in [2.45, 2.75) is 32.7 Å². The van der Waals surface area contributed by atoms with Crippen molar-refractivity contribution in [2.24, 2.45) is 0 Å². The topological polar surface area (TPSA) is 46.9 Å². The van der Waals surface area contributed by atoms with E-state index in [0.717, 1.165) is 25.2 Å². The van der Waals surface area contributed by atoms with E-state index in [1.165, 1.54) is 12.0 Å². The van der Waals surface area contributed by atoms with Crippen LogP contribution in [0.15, 0.2) is 17.8 Å². The molecule has 0 saturated carbocycles. The molecule has 1 saturated heterocycles. The summed E-state index contributed by atoms with van der Waals surface area (Å²) >= 11 is 0. The maximum absolute atomic E-state index is 11.3. The van der Waals surface area contributed by atoms with Crippen LogP contribution in [-0.4, -0.2) is 28.7 Å². The maximum atomic E-state index is 11.3. The van der Waals surface area contributed by atoms with Crippen LogP contribution in [0.25, 0.3) is 6.08 Å². The highest BCUT2D eigenvalue weighted by Gasteiger charge is 2.06. The highest BCUT2D eigenvalue weighted by Crippen LogP contribution is 2.12. The molecular weight excluding hydrogens is 214 g/mol. The van der Waals surface area contributed by atoms with Crippen molar-refractivity contribution in [3.63, 3.8) is 0 Å². The molecule has 2 heterocycles. The Morgan fingerprint density at radius 3 is 3.24 bits per heavy atom. The van der Waals surface area contributed by atoms with Gasteiger partial charge in [0, 0.05) is 19.2 Å². The summed E-state index contributed by atoms with van der Waals surface area (Å²) in [6.07, 6.45) is 6.91. The largest absolute Gasteiger partial charge is 0.313 e. The molecule has 4 nitrogen and oxygen atoms in total. The summed E-state index contributed by atoms with van der Waals surface area (Å²) in [6, 6.07) is 1.96. The Hall–Kier alpha value is -1.42. The molecule has 0 unspecified atom stereocenters. The third-order valence-electron chi connectivity index (χ3n) is 2.95. The van der Waals surface area contributed by atoms with Crippen molar-refractivity contribution in [1.29, 1.82) is 0 Å². The number of nitrogens with zero attached hydrogens (tertiary/aromatic N) is 2. The van der Waals surface area contributed by atoms with E-state index in [4.69, 9.17) is 0 Å². The number of aromatic nitrogens is 2. The van der Waals surface area contributed by atoms with Crippen LogP contribution >= 0.6 is 0 Å². The molecule has 0 spiro atoms. The molecule has 1 aromatic heterocycles. The number of carbonyl (C=O) groups is 1. The van der Waals surface area contributed by atoms with E-state index in [-0.39, 0.29) is 5.78 Å². The molecule has 0 bridgehead atoms. The normalized spacial score (nSPS) is 18.5. The van der Waals surface area contributed by atoms with Gasteiger partial charge in [0.25, 0.3) is 0 Å². The monoisotopic (exact) mass is 233 g/mol. The molecule has 1 aliphatic heterocycles. The van der Waals surface area contributed by atoms with Crippen molar-refractivity contribution in [3.05, 3.63) is 23.5 Å². The second-order valence-corrected chi connectivity index (χ2v) is 4.41. The first-order valence-electron chi connectivity index (χ1n) is 6.23. The lowest BCUT2D eigenvalue weighted by Gasteiger charge is -2.14. The fraction of sp³-hybridized carbons (Fsp3) is 0.538. The van der Waals surface area contributed by atoms with Gasteiger partial charge in [-0.3, -0.25) is 9.48 Å². The number of Topliss-reactive ketones (excluding diaryl/α,β-unsaturated/α-hetero) is 1. The Bertz CT molecular complexity index is 412. The van der Waals surface area contributed by atoms with E-state index in [1.807, 2.05) is 19.2 Å². The van der Waals surface area contributed by atoms with Crippen molar-refractivity contribution >= 4 is 11.9 Å². The fourth-order valence-electron chi connectivity index (χ4n) is 1.95. The molecule has 1 N–H and O–H groups in total. The lowest BCUT2D eigenvalue weighted by Crippen LogP contribution is -2.23. The highest BCUT2D eigenvalue weighted by atomic mass is 16.1. The molecule has 2 rings (SSSR count). The summed E-state index contributed by atoms with van der Waals surface area (Å²) < 4.78 is 1.72. The zero-order chi connectivity index (χ0) is 12.1. The molecule has 1 fully saturated rings. The number of rotatable bonds is 4. The predicted octanol–water partition coefficient (Wildman–Crippen LogP) is 1.63. The zero-order valence-corrected chi connectivity index (χ0v) is 10.3. The van der Waals surface area contributed by atoms with Crippen LogP contribution < -0.4 is 5.32 Å². The van der Waals surface area contributed by atoms with E-state index in [0.29, 0.717) is 13.0 Å². The second-order valence-electron chi connectivity index (χ2n) is 4.41. The SMILES string of the molecule is CCC(=O)Cn1ccc(C=C2CCCNC2)n1. The van der Waals surface area contributed by atoms with Crippen molar-refractivity contribution < 1.29 is 4.79 Å². The van der Waals surface area contributed by atoms with Gasteiger partial charge in [-0.2, -0.15) is 5.10 Å². The van der Waals surface area contributed by atoms with Gasteiger partial charge in [-0.15, -0.1) is 0 Å². The van der Waals surface area contributed by atoms with Crippen LogP contribution in [0.1, 0.15) is 31.9 Å². The Labute approximate surface area is 102 Å². The third kappa shape index (κ3) is 3.53. The summed E-state index contributed by atoms with van der Waals surface area (Å²) in [5, 5.41) is 7.73. The fourth-order valence-corrected chi connectivity index (χ4v) is 1.95. The van der Waals surface area contributed by atoms with Gasteiger partial charge in [-0.25, -0.2) is 0 Å². The van der Waals surface area contributed by atoms with Gasteiger partial charge in [0.2, 0.25) is 0 Å². The second kappa shape index (κ2) is 5.77. The molecule has 1 aromatic rings. The van der Waals surface area contributed by atoms with Crippen LogP contribution in [0, 0.1) is 0 Å². The van der Waals surface area contributed by atoms with Gasteiger partial charge in [-0.1, -0.05) is 12.5 Å². The Morgan fingerprint density at radius 2 is 2.53 bits per heavy atom. The van der Waals surface area contributed by atoms with Gasteiger partial charge in [0.05, 0.1) is 12.2 Å².